The zero-order valence-electron chi connectivity index (χ0n) is 17.0. The molecule has 1 atom stereocenters. The molecule has 30 heavy (non-hydrogen) atoms. The van der Waals surface area contributed by atoms with Crippen LogP contribution in [-0.2, 0) is 9.59 Å². The van der Waals surface area contributed by atoms with Crippen LogP contribution in [0.15, 0.2) is 46.6 Å². The van der Waals surface area contributed by atoms with Gasteiger partial charge in [0.1, 0.15) is 17.3 Å². The number of Topliss-reactive ketones (excluding diaryl/α,β-unsaturated/α-hetero) is 1. The number of H-pyrrole nitrogens is 1. The van der Waals surface area contributed by atoms with Crippen molar-refractivity contribution in [2.24, 2.45) is 0 Å². The Bertz CT molecular complexity index is 1150. The fraction of sp³-hybridized carbons (Fsp3) is 0.227. The van der Waals surface area contributed by atoms with Gasteiger partial charge in [-0.1, -0.05) is 17.3 Å². The number of hydrogen-bond donors (Lipinski definition) is 2. The zero-order valence-corrected chi connectivity index (χ0v) is 17.0. The molecule has 1 fully saturated rings. The number of rotatable bonds is 4. The first-order valence-corrected chi connectivity index (χ1v) is 9.36. The van der Waals surface area contributed by atoms with Crippen LogP contribution in [0.3, 0.4) is 0 Å². The molecule has 1 aliphatic heterocycles. The molecule has 1 unspecified atom stereocenters. The number of carbonyl (C=O) groups excluding carboxylic acids is 2. The second kappa shape index (κ2) is 7.22. The second-order valence-electron chi connectivity index (χ2n) is 7.21. The molecule has 0 aliphatic carbocycles. The zero-order chi connectivity index (χ0) is 21.6. The van der Waals surface area contributed by atoms with E-state index in [-0.39, 0.29) is 17.2 Å². The number of aromatic nitrogens is 2. The number of aliphatic hydroxyl groups is 1. The molecule has 154 valence electrons. The van der Waals surface area contributed by atoms with E-state index in [2.05, 4.69) is 10.1 Å². The molecule has 2 aromatic heterocycles. The van der Waals surface area contributed by atoms with Gasteiger partial charge in [-0.05, 0) is 44.0 Å². The van der Waals surface area contributed by atoms with Crippen molar-refractivity contribution in [3.05, 3.63) is 70.2 Å². The first-order chi connectivity index (χ1) is 14.3. The second-order valence-corrected chi connectivity index (χ2v) is 7.21. The maximum absolute atomic E-state index is 13.1. The van der Waals surface area contributed by atoms with E-state index in [0.29, 0.717) is 28.3 Å². The summed E-state index contributed by atoms with van der Waals surface area (Å²) in [4.78, 5) is 30.3. The molecule has 1 saturated heterocycles. The highest BCUT2D eigenvalue weighted by atomic mass is 16.5. The Balaban J connectivity index is 1.96. The van der Waals surface area contributed by atoms with Crippen molar-refractivity contribution in [1.29, 1.82) is 0 Å². The van der Waals surface area contributed by atoms with E-state index in [1.54, 1.807) is 57.5 Å². The number of aromatic amines is 1. The number of benzene rings is 1. The monoisotopic (exact) mass is 407 g/mol. The van der Waals surface area contributed by atoms with Crippen LogP contribution in [0.5, 0.6) is 5.75 Å². The van der Waals surface area contributed by atoms with Crippen LogP contribution in [0, 0.1) is 20.8 Å². The maximum atomic E-state index is 13.1. The van der Waals surface area contributed by atoms with E-state index < -0.39 is 17.7 Å². The molecule has 2 N–H and O–H groups in total. The SMILES string of the molecule is COc1ccc(C2/C(=C(\O)c3c(C)c[nH]c3C)C(=O)C(=O)N2c2cc(C)on2)cc1. The fourth-order valence-electron chi connectivity index (χ4n) is 3.79. The summed E-state index contributed by atoms with van der Waals surface area (Å²) >= 11 is 0. The quantitative estimate of drug-likeness (QED) is 0.389. The maximum Gasteiger partial charge on any atom is 0.301 e. The van der Waals surface area contributed by atoms with Gasteiger partial charge in [-0.15, -0.1) is 0 Å². The van der Waals surface area contributed by atoms with Gasteiger partial charge in [-0.2, -0.15) is 0 Å². The molecule has 3 heterocycles. The summed E-state index contributed by atoms with van der Waals surface area (Å²) in [6.07, 6.45) is 1.74. The number of methoxy groups -OCH3 is 1. The fourth-order valence-corrected chi connectivity index (χ4v) is 3.79. The van der Waals surface area contributed by atoms with Crippen LogP contribution in [-0.4, -0.2) is 34.0 Å². The number of amides is 1. The summed E-state index contributed by atoms with van der Waals surface area (Å²) in [6.45, 7) is 5.31. The Morgan fingerprint density at radius 2 is 1.90 bits per heavy atom. The summed E-state index contributed by atoms with van der Waals surface area (Å²) in [5.41, 5.74) is 2.59. The van der Waals surface area contributed by atoms with Crippen molar-refractivity contribution in [3.8, 4) is 5.75 Å². The third-order valence-electron chi connectivity index (χ3n) is 5.25. The van der Waals surface area contributed by atoms with Crippen molar-refractivity contribution in [3.63, 3.8) is 0 Å². The lowest BCUT2D eigenvalue weighted by Gasteiger charge is -2.23. The Labute approximate surface area is 172 Å². The summed E-state index contributed by atoms with van der Waals surface area (Å²) in [7, 11) is 1.55. The molecule has 3 aromatic rings. The van der Waals surface area contributed by atoms with Crippen LogP contribution < -0.4 is 9.64 Å². The predicted molar refractivity (Wildman–Crippen MR) is 109 cm³/mol. The standard InChI is InChI=1S/C22H21N3O5/c1-11-10-23-13(3)17(11)20(26)18-19(14-5-7-15(29-4)8-6-14)25(22(28)21(18)27)16-9-12(2)30-24-16/h5-10,19,23,26H,1-4H3/b20-18+. The number of ether oxygens (including phenoxy) is 1. The molecule has 0 bridgehead atoms. The molecule has 0 radical (unpaired) electrons. The number of anilines is 1. The van der Waals surface area contributed by atoms with E-state index in [4.69, 9.17) is 9.26 Å². The van der Waals surface area contributed by atoms with Crippen molar-refractivity contribution >= 4 is 23.3 Å². The first-order valence-electron chi connectivity index (χ1n) is 9.36. The van der Waals surface area contributed by atoms with Crippen LogP contribution >= 0.6 is 0 Å². The Kier molecular flexibility index (Phi) is 4.69. The van der Waals surface area contributed by atoms with Crippen molar-refractivity contribution in [1.82, 2.24) is 10.1 Å². The average Bonchev–Trinajstić information content (AvgIpc) is 3.38. The Hall–Kier alpha value is -3.81. The van der Waals surface area contributed by atoms with E-state index in [9.17, 15) is 14.7 Å². The molecular formula is C22H21N3O5. The number of nitrogens with one attached hydrogen (secondary N) is 1. The lowest BCUT2D eigenvalue weighted by molar-refractivity contribution is -0.132. The molecule has 8 heteroatoms. The molecule has 1 amide bonds. The highest BCUT2D eigenvalue weighted by Crippen LogP contribution is 2.42. The predicted octanol–water partition coefficient (Wildman–Crippen LogP) is 3.56. The smallest absolute Gasteiger partial charge is 0.301 e. The Morgan fingerprint density at radius 1 is 1.20 bits per heavy atom. The molecule has 1 aliphatic rings. The molecule has 8 nitrogen and oxygen atoms in total. The Morgan fingerprint density at radius 3 is 2.43 bits per heavy atom. The van der Waals surface area contributed by atoms with Gasteiger partial charge in [0.25, 0.3) is 5.78 Å². The third-order valence-corrected chi connectivity index (χ3v) is 5.25. The minimum Gasteiger partial charge on any atom is -0.507 e. The summed E-state index contributed by atoms with van der Waals surface area (Å²) in [5.74, 6) is -0.460. The van der Waals surface area contributed by atoms with Crippen LogP contribution in [0.4, 0.5) is 5.82 Å². The average molecular weight is 407 g/mol. The number of aryl methyl sites for hydroxylation is 3. The highest BCUT2D eigenvalue weighted by Gasteiger charge is 2.48. The number of hydrogen-bond acceptors (Lipinski definition) is 6. The largest absolute Gasteiger partial charge is 0.507 e. The summed E-state index contributed by atoms with van der Waals surface area (Å²) < 4.78 is 10.3. The van der Waals surface area contributed by atoms with Crippen LogP contribution in [0.2, 0.25) is 0 Å². The molecule has 0 saturated carbocycles. The number of ketones is 1. The van der Waals surface area contributed by atoms with Gasteiger partial charge in [0, 0.05) is 23.5 Å². The van der Waals surface area contributed by atoms with Gasteiger partial charge in [-0.25, -0.2) is 0 Å². The van der Waals surface area contributed by atoms with E-state index >= 15 is 0 Å². The van der Waals surface area contributed by atoms with Gasteiger partial charge in [0.15, 0.2) is 5.82 Å². The van der Waals surface area contributed by atoms with E-state index in [1.165, 1.54) is 4.90 Å². The van der Waals surface area contributed by atoms with Gasteiger partial charge in [0.2, 0.25) is 0 Å². The van der Waals surface area contributed by atoms with Gasteiger partial charge in [-0.3, -0.25) is 14.5 Å². The van der Waals surface area contributed by atoms with Crippen molar-refractivity contribution in [2.45, 2.75) is 26.8 Å². The summed E-state index contributed by atoms with van der Waals surface area (Å²) in [6, 6.07) is 7.68. The topological polar surface area (TPSA) is 109 Å². The number of aliphatic hydroxyl groups excluding tert-OH is 1. The molecule has 0 spiro atoms. The number of nitrogens with zero attached hydrogens (tertiary/aromatic N) is 2. The van der Waals surface area contributed by atoms with Gasteiger partial charge < -0.3 is 19.4 Å². The lowest BCUT2D eigenvalue weighted by atomic mass is 9.94. The molecular weight excluding hydrogens is 386 g/mol. The lowest BCUT2D eigenvalue weighted by Crippen LogP contribution is -2.29. The minimum absolute atomic E-state index is 0.00313. The minimum atomic E-state index is -0.867. The van der Waals surface area contributed by atoms with Crippen LogP contribution in [0.25, 0.3) is 5.76 Å². The number of carbonyl (C=O) groups is 2. The highest BCUT2D eigenvalue weighted by molar-refractivity contribution is 6.51. The van der Waals surface area contributed by atoms with Gasteiger partial charge in [0.05, 0.1) is 18.7 Å². The normalized spacial score (nSPS) is 18.3. The third kappa shape index (κ3) is 2.97. The first kappa shape index (κ1) is 19.5. The van der Waals surface area contributed by atoms with Crippen LogP contribution in [0.1, 0.15) is 34.2 Å². The molecule has 1 aromatic carbocycles. The van der Waals surface area contributed by atoms with E-state index in [0.717, 1.165) is 5.56 Å². The van der Waals surface area contributed by atoms with Crippen molar-refractivity contribution < 1.29 is 24.0 Å². The van der Waals surface area contributed by atoms with E-state index in [1.807, 2.05) is 6.92 Å². The van der Waals surface area contributed by atoms with Crippen molar-refractivity contribution in [2.75, 3.05) is 12.0 Å². The molecule has 4 rings (SSSR count). The summed E-state index contributed by atoms with van der Waals surface area (Å²) in [5, 5.41) is 15.1. The van der Waals surface area contributed by atoms with Gasteiger partial charge >= 0.3 is 5.91 Å².